The van der Waals surface area contributed by atoms with Crippen molar-refractivity contribution in [1.29, 1.82) is 0 Å². The number of fused-ring (bicyclic) bond motifs is 4. The summed E-state index contributed by atoms with van der Waals surface area (Å²) in [4.78, 5) is 17.4. The summed E-state index contributed by atoms with van der Waals surface area (Å²) in [5.41, 5.74) is 1.86. The highest BCUT2D eigenvalue weighted by Crippen LogP contribution is 2.41. The third kappa shape index (κ3) is 3.98. The second-order valence-electron chi connectivity index (χ2n) is 7.36. The van der Waals surface area contributed by atoms with E-state index >= 15 is 0 Å². The highest BCUT2D eigenvalue weighted by molar-refractivity contribution is 5.77. The van der Waals surface area contributed by atoms with Gasteiger partial charge in [-0.15, -0.1) is 0 Å². The van der Waals surface area contributed by atoms with Crippen LogP contribution in [0.4, 0.5) is 26.1 Å². The minimum atomic E-state index is -2.83. The second kappa shape index (κ2) is 7.31. The molecule has 152 valence electrons. The van der Waals surface area contributed by atoms with Crippen molar-refractivity contribution in [3.63, 3.8) is 0 Å². The number of hydrogen-bond donors (Lipinski definition) is 2. The molecule has 0 saturated carbocycles. The Hall–Kier alpha value is -3.23. The maximum Gasteiger partial charge on any atom is 0.262 e. The van der Waals surface area contributed by atoms with Crippen LogP contribution in [0.15, 0.2) is 49.7 Å². The van der Waals surface area contributed by atoms with Gasteiger partial charge in [0.15, 0.2) is 5.82 Å². The van der Waals surface area contributed by atoms with Gasteiger partial charge in [0.1, 0.15) is 11.6 Å². The van der Waals surface area contributed by atoms with Crippen molar-refractivity contribution < 1.29 is 8.78 Å². The third-order valence-electron chi connectivity index (χ3n) is 5.00. The molecular formula is C20H23F2N7. The van der Waals surface area contributed by atoms with Gasteiger partial charge >= 0.3 is 0 Å². The van der Waals surface area contributed by atoms with Gasteiger partial charge in [-0.25, -0.2) is 18.7 Å². The molecular weight excluding hydrogens is 376 g/mol. The first-order valence-electron chi connectivity index (χ1n) is 9.40. The highest BCUT2D eigenvalue weighted by Gasteiger charge is 2.38. The van der Waals surface area contributed by atoms with Gasteiger partial charge in [-0.1, -0.05) is 13.2 Å². The molecule has 2 aliphatic rings. The summed E-state index contributed by atoms with van der Waals surface area (Å²) >= 11 is 0. The molecule has 2 aliphatic heterocycles. The van der Waals surface area contributed by atoms with E-state index in [4.69, 9.17) is 4.98 Å². The summed E-state index contributed by atoms with van der Waals surface area (Å²) in [6.07, 6.45) is 5.80. The fourth-order valence-corrected chi connectivity index (χ4v) is 3.65. The molecule has 0 aromatic carbocycles. The van der Waals surface area contributed by atoms with Crippen LogP contribution < -0.4 is 20.4 Å². The number of alkyl halides is 2. The average molecular weight is 399 g/mol. The van der Waals surface area contributed by atoms with Crippen molar-refractivity contribution in [2.45, 2.75) is 25.3 Å². The van der Waals surface area contributed by atoms with Gasteiger partial charge in [-0.2, -0.15) is 0 Å². The quantitative estimate of drug-likeness (QED) is 0.742. The van der Waals surface area contributed by atoms with Gasteiger partial charge in [0.2, 0.25) is 0 Å². The van der Waals surface area contributed by atoms with Crippen molar-refractivity contribution >= 4 is 23.0 Å². The van der Waals surface area contributed by atoms with Crippen LogP contribution in [-0.4, -0.2) is 46.6 Å². The van der Waals surface area contributed by atoms with Crippen molar-refractivity contribution in [2.24, 2.45) is 0 Å². The van der Waals surface area contributed by atoms with E-state index in [1.807, 2.05) is 6.07 Å². The Morgan fingerprint density at radius 2 is 2.14 bits per heavy atom. The van der Waals surface area contributed by atoms with E-state index in [1.54, 1.807) is 24.7 Å². The molecule has 2 bridgehead atoms. The third-order valence-corrected chi connectivity index (χ3v) is 5.00. The largest absolute Gasteiger partial charge is 0.378 e. The van der Waals surface area contributed by atoms with Gasteiger partial charge < -0.3 is 20.4 Å². The van der Waals surface area contributed by atoms with Crippen LogP contribution in [0, 0.1) is 0 Å². The minimum absolute atomic E-state index is 0.211. The SMILES string of the molecule is C=C(NCC(C)(F)F)c1ccc2c(n1)N(C(=C)Nc1cnccn1)[C@H]1CCN2C1. The molecule has 0 unspecified atom stereocenters. The van der Waals surface area contributed by atoms with E-state index in [1.165, 1.54) is 0 Å². The number of aromatic nitrogens is 3. The molecule has 2 aromatic heterocycles. The zero-order valence-corrected chi connectivity index (χ0v) is 16.2. The van der Waals surface area contributed by atoms with Gasteiger partial charge in [0.25, 0.3) is 5.92 Å². The molecule has 29 heavy (non-hydrogen) atoms. The molecule has 0 radical (unpaired) electrons. The maximum atomic E-state index is 13.2. The molecule has 1 saturated heterocycles. The lowest BCUT2D eigenvalue weighted by atomic mass is 10.1. The number of pyridine rings is 1. The topological polar surface area (TPSA) is 69.2 Å². The van der Waals surface area contributed by atoms with E-state index in [0.717, 1.165) is 37.9 Å². The van der Waals surface area contributed by atoms with Crippen molar-refractivity contribution in [3.05, 3.63) is 55.4 Å². The molecule has 0 amide bonds. The van der Waals surface area contributed by atoms with Crippen LogP contribution in [0.25, 0.3) is 5.70 Å². The fraction of sp³-hybridized carbons (Fsp3) is 0.350. The Bertz CT molecular complexity index is 926. The molecule has 1 fully saturated rings. The van der Waals surface area contributed by atoms with E-state index in [2.05, 4.69) is 43.6 Å². The van der Waals surface area contributed by atoms with Crippen LogP contribution in [0.5, 0.6) is 0 Å². The van der Waals surface area contributed by atoms with Crippen LogP contribution in [0.2, 0.25) is 0 Å². The lowest BCUT2D eigenvalue weighted by molar-refractivity contribution is 0.0267. The predicted molar refractivity (Wildman–Crippen MR) is 110 cm³/mol. The number of rotatable bonds is 7. The van der Waals surface area contributed by atoms with Crippen molar-refractivity contribution in [1.82, 2.24) is 20.3 Å². The number of halogens is 2. The minimum Gasteiger partial charge on any atom is -0.378 e. The van der Waals surface area contributed by atoms with Crippen molar-refractivity contribution in [3.8, 4) is 0 Å². The van der Waals surface area contributed by atoms with Crippen molar-refractivity contribution in [2.75, 3.05) is 34.8 Å². The van der Waals surface area contributed by atoms with Gasteiger partial charge in [0.05, 0.1) is 35.9 Å². The number of anilines is 3. The summed E-state index contributed by atoms with van der Waals surface area (Å²) in [6, 6.07) is 3.97. The Balaban J connectivity index is 1.62. The summed E-state index contributed by atoms with van der Waals surface area (Å²) in [5.74, 6) is -0.875. The molecule has 9 heteroatoms. The normalized spacial score (nSPS) is 17.7. The standard InChI is InChI=1S/C20H23F2N7/c1-13(25-12-20(3,21)22)16-4-5-17-19(27-16)29(15-6-9-28(17)11-15)14(2)26-18-10-23-7-8-24-18/h4-5,7-8,10,15,25H,1-2,6,9,11-12H2,3H3,(H,24,26)/t15-/m0/s1. The van der Waals surface area contributed by atoms with Gasteiger partial charge in [-0.05, 0) is 18.6 Å². The molecule has 0 spiro atoms. The summed E-state index contributed by atoms with van der Waals surface area (Å²) < 4.78 is 26.4. The average Bonchev–Trinajstić information content (AvgIpc) is 3.10. The summed E-state index contributed by atoms with van der Waals surface area (Å²) in [5, 5.41) is 5.86. The monoisotopic (exact) mass is 399 g/mol. The fourth-order valence-electron chi connectivity index (χ4n) is 3.65. The smallest absolute Gasteiger partial charge is 0.262 e. The molecule has 4 heterocycles. The second-order valence-corrected chi connectivity index (χ2v) is 7.36. The van der Waals surface area contributed by atoms with Crippen LogP contribution in [0.3, 0.4) is 0 Å². The maximum absolute atomic E-state index is 13.2. The number of nitrogens with one attached hydrogen (secondary N) is 2. The van der Waals surface area contributed by atoms with Gasteiger partial charge in [0, 0.05) is 32.4 Å². The highest BCUT2D eigenvalue weighted by atomic mass is 19.3. The van der Waals surface area contributed by atoms with Crippen LogP contribution in [0.1, 0.15) is 19.0 Å². The Kier molecular flexibility index (Phi) is 4.81. The predicted octanol–water partition coefficient (Wildman–Crippen LogP) is 3.07. The first-order chi connectivity index (χ1) is 13.8. The van der Waals surface area contributed by atoms with E-state index < -0.39 is 12.5 Å². The van der Waals surface area contributed by atoms with Crippen LogP contribution in [-0.2, 0) is 0 Å². The van der Waals surface area contributed by atoms with Gasteiger partial charge in [-0.3, -0.25) is 4.98 Å². The number of nitrogens with zero attached hydrogens (tertiary/aromatic N) is 5. The Labute approximate surface area is 168 Å². The zero-order valence-electron chi connectivity index (χ0n) is 16.2. The summed E-state index contributed by atoms with van der Waals surface area (Å²) in [6.45, 7) is 10.2. The van der Waals surface area contributed by atoms with E-state index in [-0.39, 0.29) is 6.04 Å². The zero-order chi connectivity index (χ0) is 20.6. The van der Waals surface area contributed by atoms with E-state index in [9.17, 15) is 8.78 Å². The molecule has 7 nitrogen and oxygen atoms in total. The molecule has 2 aromatic rings. The first kappa shape index (κ1) is 19.1. The lowest BCUT2D eigenvalue weighted by Crippen LogP contribution is -2.43. The van der Waals surface area contributed by atoms with Crippen LogP contribution >= 0.6 is 0 Å². The molecule has 1 atom stereocenters. The number of hydrogen-bond acceptors (Lipinski definition) is 7. The molecule has 4 rings (SSSR count). The molecule has 0 aliphatic carbocycles. The Morgan fingerprint density at radius 1 is 1.31 bits per heavy atom. The lowest BCUT2D eigenvalue weighted by Gasteiger charge is -2.38. The Morgan fingerprint density at radius 3 is 2.86 bits per heavy atom. The van der Waals surface area contributed by atoms with E-state index in [0.29, 0.717) is 23.0 Å². The first-order valence-corrected chi connectivity index (χ1v) is 9.40. The molecule has 2 N–H and O–H groups in total. The summed E-state index contributed by atoms with van der Waals surface area (Å²) in [7, 11) is 0.